The molecule has 0 fully saturated rings. The van der Waals surface area contributed by atoms with Crippen molar-refractivity contribution in [1.82, 2.24) is 34.5 Å². The Labute approximate surface area is 184 Å². The van der Waals surface area contributed by atoms with E-state index in [1.807, 2.05) is 6.07 Å². The van der Waals surface area contributed by atoms with E-state index >= 15 is 0 Å². The summed E-state index contributed by atoms with van der Waals surface area (Å²) in [5.74, 6) is 1.18. The van der Waals surface area contributed by atoms with Gasteiger partial charge in [0.2, 0.25) is 0 Å². The Balaban J connectivity index is 1.36. The third-order valence-corrected chi connectivity index (χ3v) is 5.05. The second kappa shape index (κ2) is 7.37. The van der Waals surface area contributed by atoms with Gasteiger partial charge in [-0.3, -0.25) is 20.0 Å². The maximum atomic E-state index is 13.0. The molecule has 12 heteroatoms. The van der Waals surface area contributed by atoms with Gasteiger partial charge in [0.15, 0.2) is 22.8 Å². The van der Waals surface area contributed by atoms with Crippen LogP contribution in [0.5, 0.6) is 11.5 Å². The number of hydrogen-bond donors (Lipinski definition) is 1. The van der Waals surface area contributed by atoms with Crippen LogP contribution in [0.3, 0.4) is 0 Å². The van der Waals surface area contributed by atoms with Crippen molar-refractivity contribution < 1.29 is 14.3 Å². The molecule has 1 aliphatic heterocycles. The molecule has 0 radical (unpaired) electrons. The number of aromatic nitrogens is 7. The maximum absolute atomic E-state index is 13.0. The summed E-state index contributed by atoms with van der Waals surface area (Å²) in [7, 11) is 0. The zero-order chi connectivity index (χ0) is 22.4. The smallest absolute Gasteiger partial charge is 0.299 e. The number of hydrogen-bond acceptors (Lipinski definition) is 9. The van der Waals surface area contributed by atoms with E-state index in [0.29, 0.717) is 47.2 Å². The molecule has 0 aliphatic carbocycles. The van der Waals surface area contributed by atoms with Crippen LogP contribution in [0.25, 0.3) is 28.2 Å². The number of nitrogens with one attached hydrogen (secondary N) is 1. The fourth-order valence-corrected chi connectivity index (χ4v) is 3.47. The van der Waals surface area contributed by atoms with Crippen molar-refractivity contribution in [2.75, 3.05) is 18.6 Å². The summed E-state index contributed by atoms with van der Waals surface area (Å²) in [4.78, 5) is 34.1. The molecule has 1 aromatic carbocycles. The number of benzene rings is 1. The molecule has 0 saturated heterocycles. The summed E-state index contributed by atoms with van der Waals surface area (Å²) < 4.78 is 13.4. The van der Waals surface area contributed by atoms with Gasteiger partial charge in [0.1, 0.15) is 18.7 Å². The van der Waals surface area contributed by atoms with Gasteiger partial charge in [0.05, 0.1) is 0 Å². The minimum Gasteiger partial charge on any atom is -0.486 e. The van der Waals surface area contributed by atoms with E-state index in [1.54, 1.807) is 42.7 Å². The highest BCUT2D eigenvalue weighted by atomic mass is 16.6. The molecule has 4 aromatic heterocycles. The van der Waals surface area contributed by atoms with Crippen molar-refractivity contribution in [3.05, 3.63) is 70.9 Å². The average molecular weight is 442 g/mol. The van der Waals surface area contributed by atoms with Crippen LogP contribution < -0.4 is 20.5 Å². The van der Waals surface area contributed by atoms with Gasteiger partial charge in [0.25, 0.3) is 17.2 Å². The number of ether oxygens (including phenoxy) is 2. The molecule has 0 bridgehead atoms. The van der Waals surface area contributed by atoms with E-state index in [1.165, 1.54) is 10.7 Å². The van der Waals surface area contributed by atoms with Gasteiger partial charge < -0.3 is 9.47 Å². The standard InChI is InChI=1S/C21H14N8O4/c30-19(12-3-4-15-16(10-12)33-9-8-32-15)27-28-7-5-14-17(20(28)31)24-25-21-23-18(26-29(14)21)13-2-1-6-22-11-13/h1-7,10-11H,8-9H2,(H,27,30). The third kappa shape index (κ3) is 3.20. The predicted molar refractivity (Wildman–Crippen MR) is 115 cm³/mol. The Morgan fingerprint density at radius 1 is 1.06 bits per heavy atom. The van der Waals surface area contributed by atoms with Crippen molar-refractivity contribution in [1.29, 1.82) is 0 Å². The van der Waals surface area contributed by atoms with Crippen LogP contribution in [-0.2, 0) is 0 Å². The normalized spacial score (nSPS) is 12.7. The molecule has 162 valence electrons. The molecular formula is C21H14N8O4. The molecule has 0 unspecified atom stereocenters. The fraction of sp³-hybridized carbons (Fsp3) is 0.0952. The number of carbonyl (C=O) groups excluding carboxylic acids is 1. The molecule has 1 aliphatic rings. The Morgan fingerprint density at radius 3 is 2.79 bits per heavy atom. The second-order valence-electron chi connectivity index (χ2n) is 7.11. The lowest BCUT2D eigenvalue weighted by atomic mass is 10.2. The minimum atomic E-state index is -0.564. The predicted octanol–water partition coefficient (Wildman–Crippen LogP) is 1.05. The minimum absolute atomic E-state index is 0.0233. The highest BCUT2D eigenvalue weighted by Gasteiger charge is 2.17. The number of fused-ring (bicyclic) bond motifs is 4. The largest absolute Gasteiger partial charge is 0.486 e. The van der Waals surface area contributed by atoms with Crippen LogP contribution in [0.2, 0.25) is 0 Å². The monoisotopic (exact) mass is 442 g/mol. The molecule has 0 spiro atoms. The molecule has 1 amide bonds. The van der Waals surface area contributed by atoms with Crippen LogP contribution >= 0.6 is 0 Å². The summed E-state index contributed by atoms with van der Waals surface area (Å²) in [6, 6.07) is 10.00. The molecule has 33 heavy (non-hydrogen) atoms. The number of rotatable bonds is 3. The third-order valence-electron chi connectivity index (χ3n) is 5.05. The molecule has 0 saturated carbocycles. The summed E-state index contributed by atoms with van der Waals surface area (Å²) >= 11 is 0. The Morgan fingerprint density at radius 2 is 1.94 bits per heavy atom. The molecule has 5 aromatic rings. The zero-order valence-corrected chi connectivity index (χ0v) is 16.9. The lowest BCUT2D eigenvalue weighted by Gasteiger charge is -2.18. The van der Waals surface area contributed by atoms with E-state index in [0.717, 1.165) is 4.68 Å². The number of nitrogens with zero attached hydrogens (tertiary/aromatic N) is 7. The van der Waals surface area contributed by atoms with Gasteiger partial charge in [-0.2, -0.15) is 9.50 Å². The first-order valence-corrected chi connectivity index (χ1v) is 9.93. The summed E-state index contributed by atoms with van der Waals surface area (Å²) in [6.45, 7) is 0.856. The van der Waals surface area contributed by atoms with E-state index in [2.05, 4.69) is 30.7 Å². The van der Waals surface area contributed by atoms with Gasteiger partial charge in [-0.1, -0.05) is 0 Å². The lowest BCUT2D eigenvalue weighted by molar-refractivity contribution is 0.101. The molecule has 6 rings (SSSR count). The van der Waals surface area contributed by atoms with Crippen LogP contribution in [-0.4, -0.2) is 53.6 Å². The van der Waals surface area contributed by atoms with E-state index in [4.69, 9.17) is 9.47 Å². The van der Waals surface area contributed by atoms with Gasteiger partial charge in [0, 0.05) is 29.7 Å². The average Bonchev–Trinajstić information content (AvgIpc) is 3.31. The molecular weight excluding hydrogens is 428 g/mol. The van der Waals surface area contributed by atoms with Crippen molar-refractivity contribution in [3.8, 4) is 22.9 Å². The number of carbonyl (C=O) groups is 1. The van der Waals surface area contributed by atoms with Gasteiger partial charge >= 0.3 is 0 Å². The Bertz CT molecular complexity index is 1600. The molecule has 0 atom stereocenters. The Hall–Kier alpha value is -4.87. The van der Waals surface area contributed by atoms with Crippen LogP contribution in [0, 0.1) is 0 Å². The Kier molecular flexibility index (Phi) is 4.21. The number of amides is 1. The molecule has 5 heterocycles. The van der Waals surface area contributed by atoms with Crippen molar-refractivity contribution in [2.45, 2.75) is 0 Å². The van der Waals surface area contributed by atoms with Crippen LogP contribution in [0.15, 0.2) is 59.8 Å². The fourth-order valence-electron chi connectivity index (χ4n) is 3.47. The first-order chi connectivity index (χ1) is 16.2. The lowest BCUT2D eigenvalue weighted by Crippen LogP contribution is -2.33. The van der Waals surface area contributed by atoms with Crippen LogP contribution in [0.4, 0.5) is 0 Å². The zero-order valence-electron chi connectivity index (χ0n) is 16.9. The first kappa shape index (κ1) is 18.9. The van der Waals surface area contributed by atoms with Crippen molar-refractivity contribution >= 4 is 22.7 Å². The van der Waals surface area contributed by atoms with E-state index in [9.17, 15) is 9.59 Å². The SMILES string of the molecule is O=C(Nn1ccc2c(nnc3nc(-c4cccnc4)nn32)c1=O)c1ccc2c(c1)OCCO2. The van der Waals surface area contributed by atoms with E-state index in [-0.39, 0.29) is 11.3 Å². The highest BCUT2D eigenvalue weighted by Crippen LogP contribution is 2.30. The maximum Gasteiger partial charge on any atom is 0.299 e. The highest BCUT2D eigenvalue weighted by molar-refractivity contribution is 6.00. The quantitative estimate of drug-likeness (QED) is 0.434. The molecule has 1 N–H and O–H groups in total. The topological polar surface area (TPSA) is 138 Å². The van der Waals surface area contributed by atoms with Gasteiger partial charge in [-0.15, -0.1) is 15.3 Å². The second-order valence-corrected chi connectivity index (χ2v) is 7.11. The summed E-state index contributed by atoms with van der Waals surface area (Å²) in [5, 5.41) is 12.4. The summed E-state index contributed by atoms with van der Waals surface area (Å²) in [5.41, 5.74) is 3.43. The van der Waals surface area contributed by atoms with Gasteiger partial charge in [-0.25, -0.2) is 4.68 Å². The van der Waals surface area contributed by atoms with Crippen molar-refractivity contribution in [3.63, 3.8) is 0 Å². The first-order valence-electron chi connectivity index (χ1n) is 9.93. The number of pyridine rings is 2. The summed E-state index contributed by atoms with van der Waals surface area (Å²) in [6.07, 6.45) is 4.70. The van der Waals surface area contributed by atoms with E-state index < -0.39 is 11.5 Å². The molecule has 12 nitrogen and oxygen atoms in total. The van der Waals surface area contributed by atoms with Crippen molar-refractivity contribution in [2.24, 2.45) is 0 Å². The van der Waals surface area contributed by atoms with Gasteiger partial charge in [-0.05, 0) is 36.4 Å². The van der Waals surface area contributed by atoms with Crippen LogP contribution in [0.1, 0.15) is 10.4 Å².